The molecule has 1 aromatic heterocycles. The van der Waals surface area contributed by atoms with Gasteiger partial charge in [0.2, 0.25) is 5.89 Å². The van der Waals surface area contributed by atoms with E-state index in [-0.39, 0.29) is 4.84 Å². The number of nitrogens with two attached hydrogens (primary N) is 1. The highest BCUT2D eigenvalue weighted by atomic mass is 35.5. The van der Waals surface area contributed by atoms with E-state index in [0.29, 0.717) is 17.6 Å². The van der Waals surface area contributed by atoms with Crippen molar-refractivity contribution in [2.24, 2.45) is 5.84 Å². The van der Waals surface area contributed by atoms with E-state index in [9.17, 15) is 0 Å². The maximum atomic E-state index is 5.78. The van der Waals surface area contributed by atoms with Crippen molar-refractivity contribution in [1.82, 2.24) is 15.2 Å². The minimum atomic E-state index is 0.267. The van der Waals surface area contributed by atoms with Gasteiger partial charge in [0, 0.05) is 10.6 Å². The van der Waals surface area contributed by atoms with E-state index in [4.69, 9.17) is 34.1 Å². The van der Waals surface area contributed by atoms with Gasteiger partial charge >= 0.3 is 0 Å². The van der Waals surface area contributed by atoms with E-state index in [2.05, 4.69) is 10.5 Å². The fourth-order valence-corrected chi connectivity index (χ4v) is 1.51. The monoisotopic (exact) mass is 256 g/mol. The van der Waals surface area contributed by atoms with Crippen molar-refractivity contribution < 1.29 is 4.42 Å². The van der Waals surface area contributed by atoms with Gasteiger partial charge in [0.05, 0.1) is 0 Å². The van der Waals surface area contributed by atoms with Gasteiger partial charge in [-0.1, -0.05) is 11.6 Å². The van der Waals surface area contributed by atoms with Crippen LogP contribution in [0.1, 0.15) is 0 Å². The van der Waals surface area contributed by atoms with Crippen LogP contribution in [0.15, 0.2) is 28.7 Å². The molecule has 0 aliphatic heterocycles. The summed E-state index contributed by atoms with van der Waals surface area (Å²) in [6.45, 7) is 0.302. The summed E-state index contributed by atoms with van der Waals surface area (Å²) in [5.41, 5.74) is 3.26. The second-order valence-corrected chi connectivity index (χ2v) is 3.83. The molecular formula is C9H9ClN4OS. The summed E-state index contributed by atoms with van der Waals surface area (Å²) in [6.07, 6.45) is 0. The lowest BCUT2D eigenvalue weighted by Crippen LogP contribution is -2.25. The Balaban J connectivity index is 2.37. The minimum Gasteiger partial charge on any atom is -0.409 e. The van der Waals surface area contributed by atoms with Gasteiger partial charge in [-0.3, -0.25) is 5.84 Å². The van der Waals surface area contributed by atoms with Crippen LogP contribution in [0.4, 0.5) is 0 Å². The summed E-state index contributed by atoms with van der Waals surface area (Å²) in [7, 11) is 0. The summed E-state index contributed by atoms with van der Waals surface area (Å²) in [5, 5.41) is 4.82. The molecule has 0 atom stereocenters. The van der Waals surface area contributed by atoms with Crippen LogP contribution >= 0.6 is 23.8 Å². The molecule has 16 heavy (non-hydrogen) atoms. The number of nitrogens with one attached hydrogen (secondary N) is 1. The van der Waals surface area contributed by atoms with Crippen molar-refractivity contribution in [2.75, 3.05) is 0 Å². The molecule has 0 unspecified atom stereocenters. The van der Waals surface area contributed by atoms with E-state index in [0.717, 1.165) is 5.56 Å². The molecule has 0 saturated carbocycles. The van der Waals surface area contributed by atoms with Crippen LogP contribution < -0.4 is 11.3 Å². The van der Waals surface area contributed by atoms with Crippen LogP contribution in [-0.2, 0) is 6.67 Å². The van der Waals surface area contributed by atoms with Crippen molar-refractivity contribution in [3.8, 4) is 11.5 Å². The third-order valence-electron chi connectivity index (χ3n) is 1.94. The molecule has 0 bridgehead atoms. The van der Waals surface area contributed by atoms with E-state index in [1.807, 2.05) is 12.1 Å². The zero-order valence-corrected chi connectivity index (χ0v) is 9.76. The summed E-state index contributed by atoms with van der Waals surface area (Å²) < 4.78 is 6.78. The molecule has 1 heterocycles. The summed E-state index contributed by atoms with van der Waals surface area (Å²) in [5.74, 6) is 5.62. The third kappa shape index (κ3) is 2.30. The summed E-state index contributed by atoms with van der Waals surface area (Å²) in [4.78, 5) is 0.267. The molecular weight excluding hydrogens is 248 g/mol. The molecule has 0 amide bonds. The minimum absolute atomic E-state index is 0.267. The Morgan fingerprint density at radius 1 is 1.44 bits per heavy atom. The molecule has 1 aromatic carbocycles. The molecule has 0 radical (unpaired) electrons. The van der Waals surface area contributed by atoms with Crippen LogP contribution in [0.3, 0.4) is 0 Å². The van der Waals surface area contributed by atoms with Crippen molar-refractivity contribution in [1.29, 1.82) is 0 Å². The van der Waals surface area contributed by atoms with Crippen molar-refractivity contribution >= 4 is 23.8 Å². The predicted molar refractivity (Wildman–Crippen MR) is 63.1 cm³/mol. The topological polar surface area (TPSA) is 69.0 Å². The second-order valence-electron chi connectivity index (χ2n) is 3.04. The van der Waals surface area contributed by atoms with Crippen molar-refractivity contribution in [3.63, 3.8) is 0 Å². The van der Waals surface area contributed by atoms with Crippen LogP contribution in [0.2, 0.25) is 5.02 Å². The number of hydrazine groups is 1. The Morgan fingerprint density at radius 3 is 2.75 bits per heavy atom. The lowest BCUT2D eigenvalue weighted by Gasteiger charge is -1.95. The normalized spacial score (nSPS) is 10.6. The Labute approximate surface area is 102 Å². The number of nitrogens with zero attached hydrogens (tertiary/aromatic N) is 2. The average Bonchev–Trinajstić information content (AvgIpc) is 2.62. The first-order chi connectivity index (χ1) is 7.70. The van der Waals surface area contributed by atoms with Gasteiger partial charge in [-0.2, -0.15) is 0 Å². The highest BCUT2D eigenvalue weighted by Crippen LogP contribution is 2.19. The first-order valence-corrected chi connectivity index (χ1v) is 5.26. The number of aromatic nitrogens is 2. The van der Waals surface area contributed by atoms with E-state index in [1.165, 1.54) is 4.68 Å². The molecule has 2 aromatic rings. The number of hydrogen-bond donors (Lipinski definition) is 2. The standard InChI is InChI=1S/C9H9ClN4OS/c10-7-3-1-6(2-4-7)8-13-14(5-12-11)9(16)15-8/h1-4,12H,5,11H2. The van der Waals surface area contributed by atoms with Gasteiger partial charge in [0.15, 0.2) is 0 Å². The summed E-state index contributed by atoms with van der Waals surface area (Å²) in [6, 6.07) is 7.14. The van der Waals surface area contributed by atoms with Gasteiger partial charge in [-0.25, -0.2) is 10.1 Å². The van der Waals surface area contributed by atoms with Crippen molar-refractivity contribution in [3.05, 3.63) is 34.1 Å². The molecule has 3 N–H and O–H groups in total. The van der Waals surface area contributed by atoms with Gasteiger partial charge in [-0.05, 0) is 36.5 Å². The fourth-order valence-electron chi connectivity index (χ4n) is 1.20. The first-order valence-electron chi connectivity index (χ1n) is 4.48. The number of benzene rings is 1. The molecule has 0 aliphatic carbocycles. The molecule has 5 nitrogen and oxygen atoms in total. The lowest BCUT2D eigenvalue weighted by molar-refractivity contribution is 0.477. The molecule has 7 heteroatoms. The van der Waals surface area contributed by atoms with E-state index >= 15 is 0 Å². The van der Waals surface area contributed by atoms with Crippen LogP contribution in [-0.4, -0.2) is 9.78 Å². The Morgan fingerprint density at radius 2 is 2.12 bits per heavy atom. The van der Waals surface area contributed by atoms with Crippen LogP contribution in [0.25, 0.3) is 11.5 Å². The second kappa shape index (κ2) is 4.75. The number of rotatable bonds is 3. The predicted octanol–water partition coefficient (Wildman–Crippen LogP) is 1.95. The smallest absolute Gasteiger partial charge is 0.288 e. The van der Waals surface area contributed by atoms with Gasteiger partial charge in [0.1, 0.15) is 6.67 Å². The zero-order valence-electron chi connectivity index (χ0n) is 8.18. The SMILES string of the molecule is NNCn1nc(-c2ccc(Cl)cc2)oc1=S. The Bertz CT molecular complexity index is 533. The van der Waals surface area contributed by atoms with Gasteiger partial charge in [-0.15, -0.1) is 5.10 Å². The number of halogens is 1. The summed E-state index contributed by atoms with van der Waals surface area (Å²) >= 11 is 10.8. The maximum absolute atomic E-state index is 5.78. The zero-order chi connectivity index (χ0) is 11.5. The van der Waals surface area contributed by atoms with E-state index < -0.39 is 0 Å². The molecule has 84 valence electrons. The Kier molecular flexibility index (Phi) is 3.35. The number of hydrogen-bond acceptors (Lipinski definition) is 5. The average molecular weight is 257 g/mol. The molecule has 0 spiro atoms. The third-order valence-corrected chi connectivity index (χ3v) is 2.48. The van der Waals surface area contributed by atoms with Crippen LogP contribution in [0.5, 0.6) is 0 Å². The Hall–Kier alpha value is -1.21. The molecule has 0 saturated heterocycles. The molecule has 0 fully saturated rings. The first kappa shape index (κ1) is 11.3. The van der Waals surface area contributed by atoms with Crippen LogP contribution in [0, 0.1) is 4.84 Å². The maximum Gasteiger partial charge on any atom is 0.288 e. The molecule has 0 aliphatic rings. The van der Waals surface area contributed by atoms with Gasteiger partial charge < -0.3 is 4.42 Å². The van der Waals surface area contributed by atoms with Gasteiger partial charge in [0.25, 0.3) is 4.84 Å². The van der Waals surface area contributed by atoms with Crippen molar-refractivity contribution in [2.45, 2.75) is 6.67 Å². The highest BCUT2D eigenvalue weighted by molar-refractivity contribution is 7.71. The molecule has 2 rings (SSSR count). The lowest BCUT2D eigenvalue weighted by atomic mass is 10.2. The fraction of sp³-hybridized carbons (Fsp3) is 0.111. The van der Waals surface area contributed by atoms with E-state index in [1.54, 1.807) is 12.1 Å². The quantitative estimate of drug-likeness (QED) is 0.499. The largest absolute Gasteiger partial charge is 0.409 e. The highest BCUT2D eigenvalue weighted by Gasteiger charge is 2.07.